The summed E-state index contributed by atoms with van der Waals surface area (Å²) in [6.07, 6.45) is 0. The second-order valence-corrected chi connectivity index (χ2v) is 8.52. The number of hydrazone groups is 1. The maximum absolute atomic E-state index is 12.4. The van der Waals surface area contributed by atoms with Crippen LogP contribution in [0.2, 0.25) is 5.02 Å². The minimum Gasteiger partial charge on any atom is -0.302 e. The van der Waals surface area contributed by atoms with Crippen LogP contribution in [0, 0.1) is 0 Å². The average molecular weight is 464 g/mol. The van der Waals surface area contributed by atoms with Crippen molar-refractivity contribution in [2.45, 2.75) is 25.5 Å². The number of carbonyl (C=O) groups excluding carboxylic acids is 1. The van der Waals surface area contributed by atoms with E-state index < -0.39 is 0 Å². The number of thioether (sulfide) groups is 1. The smallest absolute Gasteiger partial charge is 0.250 e. The van der Waals surface area contributed by atoms with E-state index in [9.17, 15) is 4.79 Å². The number of benzene rings is 3. The lowest BCUT2D eigenvalue weighted by molar-refractivity contribution is -0.118. The van der Waals surface area contributed by atoms with E-state index in [-0.39, 0.29) is 11.7 Å². The normalized spacial score (nSPS) is 11.7. The number of fused-ring (bicyclic) bond motifs is 1. The van der Waals surface area contributed by atoms with Crippen molar-refractivity contribution >= 4 is 45.8 Å². The average Bonchev–Trinajstić information content (AvgIpc) is 3.24. The number of nitrogens with one attached hydrogen (secondary N) is 1. The van der Waals surface area contributed by atoms with Crippen LogP contribution in [-0.4, -0.2) is 32.1 Å². The van der Waals surface area contributed by atoms with E-state index in [1.807, 2.05) is 60.9 Å². The largest absolute Gasteiger partial charge is 0.302 e. The topological polar surface area (TPSA) is 72.2 Å². The van der Waals surface area contributed by atoms with Crippen molar-refractivity contribution in [3.05, 3.63) is 77.3 Å². The molecule has 0 saturated heterocycles. The Hall–Kier alpha value is -3.16. The molecule has 1 heterocycles. The molecule has 0 aliphatic heterocycles. The van der Waals surface area contributed by atoms with Gasteiger partial charge in [0.2, 0.25) is 0 Å². The van der Waals surface area contributed by atoms with E-state index in [1.165, 1.54) is 17.1 Å². The number of nitrogens with zero attached hydrogens (tertiary/aromatic N) is 4. The lowest BCUT2D eigenvalue weighted by Gasteiger charge is -2.07. The SMILES string of the molecule is CCn1c(SCC(=O)N/N=C(\C)c2ccc3ccccc3c2)nnc1-c1ccc(Cl)cc1. The summed E-state index contributed by atoms with van der Waals surface area (Å²) in [5.41, 5.74) is 5.28. The molecule has 3 aromatic carbocycles. The Balaban J connectivity index is 1.39. The standard InChI is InChI=1S/C24H22ClN5OS/c1-3-30-23(18-10-12-21(25)13-11-18)28-29-24(30)32-15-22(31)27-26-16(2)19-9-8-17-6-4-5-7-20(17)14-19/h4-14H,3,15H2,1-2H3,(H,27,31)/b26-16+. The van der Waals surface area contributed by atoms with Gasteiger partial charge in [0, 0.05) is 17.1 Å². The summed E-state index contributed by atoms with van der Waals surface area (Å²) < 4.78 is 1.98. The Morgan fingerprint density at radius 3 is 2.56 bits per heavy atom. The number of carbonyl (C=O) groups is 1. The second kappa shape index (κ2) is 9.97. The van der Waals surface area contributed by atoms with Crippen LogP contribution in [0.25, 0.3) is 22.2 Å². The summed E-state index contributed by atoms with van der Waals surface area (Å²) in [6, 6.07) is 21.7. The van der Waals surface area contributed by atoms with Crippen LogP contribution < -0.4 is 5.43 Å². The van der Waals surface area contributed by atoms with E-state index in [0.717, 1.165) is 28.0 Å². The number of halogens is 1. The van der Waals surface area contributed by atoms with Crippen LogP contribution in [0.4, 0.5) is 0 Å². The quantitative estimate of drug-likeness (QED) is 0.226. The fourth-order valence-corrected chi connectivity index (χ4v) is 4.20. The molecule has 0 unspecified atom stereocenters. The first-order valence-corrected chi connectivity index (χ1v) is 11.6. The molecule has 0 spiro atoms. The lowest BCUT2D eigenvalue weighted by atomic mass is 10.0. The summed E-state index contributed by atoms with van der Waals surface area (Å²) in [5.74, 6) is 0.735. The van der Waals surface area contributed by atoms with Crippen molar-refractivity contribution in [2.75, 3.05) is 5.75 Å². The first kappa shape index (κ1) is 22.0. The van der Waals surface area contributed by atoms with Gasteiger partial charge >= 0.3 is 0 Å². The highest BCUT2D eigenvalue weighted by molar-refractivity contribution is 7.99. The van der Waals surface area contributed by atoms with E-state index in [4.69, 9.17) is 11.6 Å². The van der Waals surface area contributed by atoms with Gasteiger partial charge in [-0.2, -0.15) is 5.10 Å². The van der Waals surface area contributed by atoms with Gasteiger partial charge in [-0.3, -0.25) is 4.79 Å². The summed E-state index contributed by atoms with van der Waals surface area (Å²) in [4.78, 5) is 12.4. The van der Waals surface area contributed by atoms with Gasteiger partial charge in [0.15, 0.2) is 11.0 Å². The first-order chi connectivity index (χ1) is 15.5. The third-order valence-corrected chi connectivity index (χ3v) is 6.20. The van der Waals surface area contributed by atoms with Crippen LogP contribution in [0.3, 0.4) is 0 Å². The minimum absolute atomic E-state index is 0.188. The molecule has 0 radical (unpaired) electrons. The van der Waals surface area contributed by atoms with Crippen molar-refractivity contribution in [1.29, 1.82) is 0 Å². The van der Waals surface area contributed by atoms with Gasteiger partial charge in [0.05, 0.1) is 11.5 Å². The third-order valence-electron chi connectivity index (χ3n) is 4.98. The number of aromatic nitrogens is 3. The predicted octanol–water partition coefficient (Wildman–Crippen LogP) is 5.40. The molecule has 0 atom stereocenters. The molecule has 0 aliphatic carbocycles. The van der Waals surface area contributed by atoms with E-state index >= 15 is 0 Å². The number of rotatable bonds is 7. The highest BCUT2D eigenvalue weighted by Gasteiger charge is 2.14. The number of hydrogen-bond donors (Lipinski definition) is 1. The van der Waals surface area contributed by atoms with Crippen molar-refractivity contribution in [2.24, 2.45) is 5.10 Å². The zero-order valence-corrected chi connectivity index (χ0v) is 19.3. The Kier molecular flexibility index (Phi) is 6.87. The lowest BCUT2D eigenvalue weighted by Crippen LogP contribution is -2.21. The molecular formula is C24H22ClN5OS. The van der Waals surface area contributed by atoms with Crippen LogP contribution in [0.1, 0.15) is 19.4 Å². The zero-order valence-electron chi connectivity index (χ0n) is 17.7. The van der Waals surface area contributed by atoms with Crippen LogP contribution in [0.5, 0.6) is 0 Å². The Morgan fingerprint density at radius 2 is 1.81 bits per heavy atom. The third kappa shape index (κ3) is 5.00. The second-order valence-electron chi connectivity index (χ2n) is 7.14. The molecule has 4 rings (SSSR count). The van der Waals surface area contributed by atoms with Crippen LogP contribution in [-0.2, 0) is 11.3 Å². The van der Waals surface area contributed by atoms with E-state index in [0.29, 0.717) is 16.7 Å². The summed E-state index contributed by atoms with van der Waals surface area (Å²) in [7, 11) is 0. The molecule has 4 aromatic rings. The molecule has 0 bridgehead atoms. The summed E-state index contributed by atoms with van der Waals surface area (Å²) in [5, 5.41) is 16.5. The molecule has 1 amide bonds. The summed E-state index contributed by atoms with van der Waals surface area (Å²) in [6.45, 7) is 4.59. The first-order valence-electron chi connectivity index (χ1n) is 10.2. The molecule has 32 heavy (non-hydrogen) atoms. The Morgan fingerprint density at radius 1 is 1.06 bits per heavy atom. The predicted molar refractivity (Wildman–Crippen MR) is 131 cm³/mol. The van der Waals surface area contributed by atoms with Gasteiger partial charge in [0.25, 0.3) is 5.91 Å². The van der Waals surface area contributed by atoms with Crippen molar-refractivity contribution in [1.82, 2.24) is 20.2 Å². The van der Waals surface area contributed by atoms with Crippen molar-refractivity contribution in [3.63, 3.8) is 0 Å². The molecule has 8 heteroatoms. The monoisotopic (exact) mass is 463 g/mol. The van der Waals surface area contributed by atoms with E-state index in [1.54, 1.807) is 0 Å². The molecule has 0 aliphatic rings. The molecular weight excluding hydrogens is 442 g/mol. The molecule has 0 fully saturated rings. The van der Waals surface area contributed by atoms with Gasteiger partial charge in [-0.1, -0.05) is 59.8 Å². The molecule has 1 N–H and O–H groups in total. The zero-order chi connectivity index (χ0) is 22.5. The fourth-order valence-electron chi connectivity index (χ4n) is 3.28. The van der Waals surface area contributed by atoms with Crippen molar-refractivity contribution in [3.8, 4) is 11.4 Å². The molecule has 1 aromatic heterocycles. The van der Waals surface area contributed by atoms with Gasteiger partial charge in [-0.15, -0.1) is 10.2 Å². The molecule has 162 valence electrons. The van der Waals surface area contributed by atoms with E-state index in [2.05, 4.69) is 45.0 Å². The Labute approximate surface area is 195 Å². The van der Waals surface area contributed by atoms with Gasteiger partial charge in [0.1, 0.15) is 0 Å². The highest BCUT2D eigenvalue weighted by atomic mass is 35.5. The number of amides is 1. The maximum atomic E-state index is 12.4. The summed E-state index contributed by atoms with van der Waals surface area (Å²) >= 11 is 7.31. The highest BCUT2D eigenvalue weighted by Crippen LogP contribution is 2.25. The Bertz CT molecular complexity index is 1280. The van der Waals surface area contributed by atoms with Crippen LogP contribution >= 0.6 is 23.4 Å². The minimum atomic E-state index is -0.200. The fraction of sp³-hybridized carbons (Fsp3) is 0.167. The van der Waals surface area contributed by atoms with Crippen molar-refractivity contribution < 1.29 is 4.79 Å². The molecule has 0 saturated carbocycles. The van der Waals surface area contributed by atoms with Crippen LogP contribution in [0.15, 0.2) is 77.0 Å². The van der Waals surface area contributed by atoms with Gasteiger partial charge < -0.3 is 4.57 Å². The molecule has 6 nitrogen and oxygen atoms in total. The maximum Gasteiger partial charge on any atom is 0.250 e. The van der Waals surface area contributed by atoms with Gasteiger partial charge in [-0.25, -0.2) is 5.43 Å². The number of hydrogen-bond acceptors (Lipinski definition) is 5. The van der Waals surface area contributed by atoms with Gasteiger partial charge in [-0.05, 0) is 60.5 Å².